The molecule has 2 N–H and O–H groups in total. The summed E-state index contributed by atoms with van der Waals surface area (Å²) < 4.78 is 50.6. The van der Waals surface area contributed by atoms with Gasteiger partial charge in [0.2, 0.25) is 0 Å². The molecule has 1 amide bonds. The van der Waals surface area contributed by atoms with E-state index in [-0.39, 0.29) is 33.0 Å². The second-order valence-corrected chi connectivity index (χ2v) is 10.7. The fraction of sp³-hybridized carbons (Fsp3) is 0.136. The van der Waals surface area contributed by atoms with Gasteiger partial charge in [0, 0.05) is 17.5 Å². The Bertz CT molecular complexity index is 1290. The Morgan fingerprint density at radius 2 is 1.45 bits per heavy atom. The van der Waals surface area contributed by atoms with Crippen LogP contribution in [0.2, 0.25) is 0 Å². The van der Waals surface area contributed by atoms with Gasteiger partial charge in [-0.05, 0) is 55.0 Å². The van der Waals surface area contributed by atoms with E-state index in [1.807, 2.05) is 0 Å². The lowest BCUT2D eigenvalue weighted by Gasteiger charge is -2.15. The van der Waals surface area contributed by atoms with Gasteiger partial charge in [0.15, 0.2) is 9.84 Å². The van der Waals surface area contributed by atoms with Crippen molar-refractivity contribution in [2.24, 2.45) is 0 Å². The molecule has 0 fully saturated rings. The SMILES string of the molecule is CC(NC(=O)c1cccc(NS(=O)(=O)c2ccccc2)c1)c1ccc(S(C)(=O)=O)cc1. The Hall–Kier alpha value is -3.17. The van der Waals surface area contributed by atoms with Crippen LogP contribution in [0.5, 0.6) is 0 Å². The molecule has 0 aliphatic heterocycles. The molecule has 0 aromatic heterocycles. The molecule has 1 atom stereocenters. The molecular formula is C22H22N2O5S2. The van der Waals surface area contributed by atoms with Crippen LogP contribution in [0, 0.1) is 0 Å². The maximum Gasteiger partial charge on any atom is 0.261 e. The highest BCUT2D eigenvalue weighted by Gasteiger charge is 2.16. The molecule has 0 radical (unpaired) electrons. The standard InChI is InChI=1S/C22H22N2O5S2/c1-16(17-11-13-20(14-12-17)30(2,26)27)23-22(25)18-7-6-8-19(15-18)24-31(28,29)21-9-4-3-5-10-21/h3-16,24H,1-2H3,(H,23,25). The van der Waals surface area contributed by atoms with Crippen molar-refractivity contribution in [2.45, 2.75) is 22.8 Å². The van der Waals surface area contributed by atoms with Gasteiger partial charge in [-0.25, -0.2) is 16.8 Å². The Labute approximate surface area is 182 Å². The highest BCUT2D eigenvalue weighted by atomic mass is 32.2. The lowest BCUT2D eigenvalue weighted by molar-refractivity contribution is 0.0940. The summed E-state index contributed by atoms with van der Waals surface area (Å²) in [6, 6.07) is 20.0. The van der Waals surface area contributed by atoms with Crippen molar-refractivity contribution in [2.75, 3.05) is 11.0 Å². The molecule has 162 valence electrons. The summed E-state index contributed by atoms with van der Waals surface area (Å²) in [7, 11) is -7.06. The van der Waals surface area contributed by atoms with E-state index in [2.05, 4.69) is 10.0 Å². The van der Waals surface area contributed by atoms with Crippen LogP contribution in [0.3, 0.4) is 0 Å². The fourth-order valence-corrected chi connectivity index (χ4v) is 4.61. The zero-order valence-corrected chi connectivity index (χ0v) is 18.6. The first-order valence-corrected chi connectivity index (χ1v) is 12.7. The van der Waals surface area contributed by atoms with E-state index >= 15 is 0 Å². The lowest BCUT2D eigenvalue weighted by atomic mass is 10.1. The number of carbonyl (C=O) groups is 1. The van der Waals surface area contributed by atoms with Gasteiger partial charge in [0.05, 0.1) is 15.8 Å². The Morgan fingerprint density at radius 3 is 2.06 bits per heavy atom. The van der Waals surface area contributed by atoms with Crippen LogP contribution < -0.4 is 10.0 Å². The predicted molar refractivity (Wildman–Crippen MR) is 119 cm³/mol. The van der Waals surface area contributed by atoms with E-state index in [0.29, 0.717) is 0 Å². The van der Waals surface area contributed by atoms with E-state index in [4.69, 9.17) is 0 Å². The number of hydrogen-bond acceptors (Lipinski definition) is 5. The number of hydrogen-bond donors (Lipinski definition) is 2. The van der Waals surface area contributed by atoms with E-state index in [1.165, 1.54) is 30.3 Å². The maximum atomic E-state index is 12.7. The van der Waals surface area contributed by atoms with Gasteiger partial charge in [0.1, 0.15) is 0 Å². The second kappa shape index (κ2) is 8.91. The summed E-state index contributed by atoms with van der Waals surface area (Å²) >= 11 is 0. The Kier molecular flexibility index (Phi) is 6.47. The normalized spacial score (nSPS) is 12.7. The quantitative estimate of drug-likeness (QED) is 0.564. The summed E-state index contributed by atoms with van der Waals surface area (Å²) in [5.74, 6) is -0.388. The first-order chi connectivity index (χ1) is 14.6. The van der Waals surface area contributed by atoms with Crippen molar-refractivity contribution in [3.63, 3.8) is 0 Å². The molecule has 0 heterocycles. The molecule has 0 saturated heterocycles. The van der Waals surface area contributed by atoms with Gasteiger partial charge in [-0.2, -0.15) is 0 Å². The minimum atomic E-state index is -3.77. The van der Waals surface area contributed by atoms with Crippen molar-refractivity contribution in [3.05, 3.63) is 90.0 Å². The van der Waals surface area contributed by atoms with Gasteiger partial charge in [-0.15, -0.1) is 0 Å². The largest absolute Gasteiger partial charge is 0.346 e. The average molecular weight is 459 g/mol. The molecule has 1 unspecified atom stereocenters. The summed E-state index contributed by atoms with van der Waals surface area (Å²) in [4.78, 5) is 13.0. The van der Waals surface area contributed by atoms with Crippen LogP contribution in [-0.2, 0) is 19.9 Å². The monoisotopic (exact) mass is 458 g/mol. The molecule has 3 aromatic rings. The van der Waals surface area contributed by atoms with E-state index in [0.717, 1.165) is 11.8 Å². The first-order valence-electron chi connectivity index (χ1n) is 9.35. The van der Waals surface area contributed by atoms with Gasteiger partial charge in [0.25, 0.3) is 15.9 Å². The highest BCUT2D eigenvalue weighted by Crippen LogP contribution is 2.19. The number of nitrogens with one attached hydrogen (secondary N) is 2. The third kappa shape index (κ3) is 5.71. The van der Waals surface area contributed by atoms with Crippen molar-refractivity contribution < 1.29 is 21.6 Å². The van der Waals surface area contributed by atoms with E-state index in [9.17, 15) is 21.6 Å². The van der Waals surface area contributed by atoms with Gasteiger partial charge in [-0.3, -0.25) is 9.52 Å². The molecule has 0 bridgehead atoms. The highest BCUT2D eigenvalue weighted by molar-refractivity contribution is 7.92. The minimum Gasteiger partial charge on any atom is -0.346 e. The molecule has 9 heteroatoms. The van der Waals surface area contributed by atoms with Gasteiger partial charge >= 0.3 is 0 Å². The number of carbonyl (C=O) groups excluding carboxylic acids is 1. The summed E-state index contributed by atoms with van der Waals surface area (Å²) in [5.41, 5.74) is 1.29. The van der Waals surface area contributed by atoms with E-state index in [1.54, 1.807) is 55.5 Å². The first kappa shape index (κ1) is 22.5. The number of benzene rings is 3. The van der Waals surface area contributed by atoms with Crippen molar-refractivity contribution in [1.29, 1.82) is 0 Å². The number of anilines is 1. The molecule has 7 nitrogen and oxygen atoms in total. The third-order valence-corrected chi connectivity index (χ3v) is 7.11. The van der Waals surface area contributed by atoms with Crippen LogP contribution in [0.4, 0.5) is 5.69 Å². The number of sulfonamides is 1. The zero-order chi connectivity index (χ0) is 22.6. The van der Waals surface area contributed by atoms with Crippen LogP contribution in [0.25, 0.3) is 0 Å². The van der Waals surface area contributed by atoms with Crippen LogP contribution in [0.1, 0.15) is 28.9 Å². The topological polar surface area (TPSA) is 109 Å². The molecule has 0 aliphatic rings. The van der Waals surface area contributed by atoms with Crippen LogP contribution in [-0.4, -0.2) is 29.0 Å². The maximum absolute atomic E-state index is 12.7. The average Bonchev–Trinajstić information content (AvgIpc) is 2.73. The number of sulfone groups is 1. The summed E-state index contributed by atoms with van der Waals surface area (Å²) in [5, 5.41) is 2.83. The fourth-order valence-electron chi connectivity index (χ4n) is 2.90. The summed E-state index contributed by atoms with van der Waals surface area (Å²) in [6.07, 6.45) is 1.13. The Morgan fingerprint density at radius 1 is 0.806 bits per heavy atom. The van der Waals surface area contributed by atoms with E-state index < -0.39 is 19.9 Å². The smallest absolute Gasteiger partial charge is 0.261 e. The molecular weight excluding hydrogens is 436 g/mol. The predicted octanol–water partition coefficient (Wildman–Crippen LogP) is 3.38. The lowest BCUT2D eigenvalue weighted by Crippen LogP contribution is -2.26. The number of amides is 1. The summed E-state index contributed by atoms with van der Waals surface area (Å²) in [6.45, 7) is 1.77. The van der Waals surface area contributed by atoms with Crippen molar-refractivity contribution in [1.82, 2.24) is 5.32 Å². The molecule has 3 aromatic carbocycles. The molecule has 0 saturated carbocycles. The molecule has 0 aliphatic carbocycles. The van der Waals surface area contributed by atoms with Gasteiger partial charge < -0.3 is 5.32 Å². The molecule has 0 spiro atoms. The Balaban J connectivity index is 1.73. The van der Waals surface area contributed by atoms with Crippen LogP contribution >= 0.6 is 0 Å². The molecule has 31 heavy (non-hydrogen) atoms. The minimum absolute atomic E-state index is 0.121. The number of rotatable bonds is 7. The van der Waals surface area contributed by atoms with Crippen LogP contribution in [0.15, 0.2) is 88.7 Å². The third-order valence-electron chi connectivity index (χ3n) is 4.59. The van der Waals surface area contributed by atoms with Gasteiger partial charge in [-0.1, -0.05) is 36.4 Å². The molecule has 3 rings (SSSR count). The second-order valence-electron chi connectivity index (χ2n) is 7.04. The van der Waals surface area contributed by atoms with Crippen molar-refractivity contribution >= 4 is 31.5 Å². The zero-order valence-electron chi connectivity index (χ0n) is 16.9. The van der Waals surface area contributed by atoms with Crippen molar-refractivity contribution in [3.8, 4) is 0 Å².